The van der Waals surface area contributed by atoms with Gasteiger partial charge in [-0.3, -0.25) is 4.79 Å². The lowest BCUT2D eigenvalue weighted by Crippen LogP contribution is -2.20. The number of carbonyl (C=O) groups excluding carboxylic acids is 1. The van der Waals surface area contributed by atoms with Crippen LogP contribution in [0.25, 0.3) is 0 Å². The standard InChI is InChI=1S/C7H13NO2/c1-6(9)10-7-3-4-8(2)5-7/h7H,3-5H2,1-2H3/t7-/m1/s1. The van der Waals surface area contributed by atoms with Crippen molar-refractivity contribution in [1.82, 2.24) is 4.90 Å². The van der Waals surface area contributed by atoms with Crippen molar-refractivity contribution in [2.75, 3.05) is 20.1 Å². The van der Waals surface area contributed by atoms with Crippen LogP contribution in [-0.4, -0.2) is 37.1 Å². The molecule has 0 saturated carbocycles. The van der Waals surface area contributed by atoms with Crippen LogP contribution in [0.2, 0.25) is 0 Å². The number of likely N-dealkylation sites (N-methyl/N-ethyl adjacent to an activating group) is 1. The van der Waals surface area contributed by atoms with E-state index in [4.69, 9.17) is 4.74 Å². The van der Waals surface area contributed by atoms with E-state index in [9.17, 15) is 4.79 Å². The van der Waals surface area contributed by atoms with Gasteiger partial charge in [0, 0.05) is 20.0 Å². The van der Waals surface area contributed by atoms with Gasteiger partial charge >= 0.3 is 5.97 Å². The van der Waals surface area contributed by atoms with E-state index in [-0.39, 0.29) is 12.1 Å². The Morgan fingerprint density at radius 1 is 1.70 bits per heavy atom. The Labute approximate surface area is 61.0 Å². The Balaban J connectivity index is 2.24. The Kier molecular flexibility index (Phi) is 2.27. The fraction of sp³-hybridized carbons (Fsp3) is 0.857. The van der Waals surface area contributed by atoms with Gasteiger partial charge in [0.25, 0.3) is 0 Å². The first kappa shape index (κ1) is 7.54. The highest BCUT2D eigenvalue weighted by Crippen LogP contribution is 2.09. The number of hydrogen-bond acceptors (Lipinski definition) is 3. The Morgan fingerprint density at radius 2 is 2.40 bits per heavy atom. The van der Waals surface area contributed by atoms with E-state index in [1.54, 1.807) is 0 Å². The predicted molar refractivity (Wildman–Crippen MR) is 37.7 cm³/mol. The van der Waals surface area contributed by atoms with Gasteiger partial charge in [0.2, 0.25) is 0 Å². The van der Waals surface area contributed by atoms with E-state index in [0.717, 1.165) is 19.5 Å². The molecule has 0 unspecified atom stereocenters. The van der Waals surface area contributed by atoms with Crippen molar-refractivity contribution in [2.24, 2.45) is 0 Å². The third kappa shape index (κ3) is 1.99. The number of esters is 1. The summed E-state index contributed by atoms with van der Waals surface area (Å²) in [5.41, 5.74) is 0. The highest BCUT2D eigenvalue weighted by Gasteiger charge is 2.21. The number of hydrogen-bond donors (Lipinski definition) is 0. The average Bonchev–Trinajstić information content (AvgIpc) is 2.13. The fourth-order valence-corrected chi connectivity index (χ4v) is 1.23. The third-order valence-corrected chi connectivity index (χ3v) is 1.68. The predicted octanol–water partition coefficient (Wildman–Crippen LogP) is 0.254. The van der Waals surface area contributed by atoms with Crippen molar-refractivity contribution in [3.8, 4) is 0 Å². The smallest absolute Gasteiger partial charge is 0.302 e. The summed E-state index contributed by atoms with van der Waals surface area (Å²) in [7, 11) is 2.03. The normalized spacial score (nSPS) is 26.8. The summed E-state index contributed by atoms with van der Waals surface area (Å²) in [6.45, 7) is 3.38. The van der Waals surface area contributed by atoms with Crippen LogP contribution >= 0.6 is 0 Å². The first-order valence-electron chi connectivity index (χ1n) is 3.54. The minimum absolute atomic E-state index is 0.141. The topological polar surface area (TPSA) is 29.5 Å². The van der Waals surface area contributed by atoms with Crippen molar-refractivity contribution in [3.05, 3.63) is 0 Å². The quantitative estimate of drug-likeness (QED) is 0.493. The minimum atomic E-state index is -0.166. The van der Waals surface area contributed by atoms with Crippen molar-refractivity contribution in [1.29, 1.82) is 0 Å². The molecule has 1 atom stereocenters. The molecular weight excluding hydrogens is 130 g/mol. The first-order chi connectivity index (χ1) is 4.68. The molecule has 0 aromatic carbocycles. The van der Waals surface area contributed by atoms with Crippen molar-refractivity contribution >= 4 is 5.97 Å². The SMILES string of the molecule is CC(=O)O[C@@H]1CCN(C)C1. The molecular formula is C7H13NO2. The molecule has 1 saturated heterocycles. The average molecular weight is 143 g/mol. The second kappa shape index (κ2) is 3.01. The van der Waals surface area contributed by atoms with E-state index >= 15 is 0 Å². The molecule has 0 bridgehead atoms. The zero-order valence-electron chi connectivity index (χ0n) is 6.46. The summed E-state index contributed by atoms with van der Waals surface area (Å²) < 4.78 is 5.00. The van der Waals surface area contributed by atoms with Crippen LogP contribution in [0.5, 0.6) is 0 Å². The summed E-state index contributed by atoms with van der Waals surface area (Å²) in [6.07, 6.45) is 1.12. The molecule has 58 valence electrons. The van der Waals surface area contributed by atoms with E-state index in [1.807, 2.05) is 7.05 Å². The zero-order chi connectivity index (χ0) is 7.56. The van der Waals surface area contributed by atoms with Crippen molar-refractivity contribution in [2.45, 2.75) is 19.4 Å². The Bertz CT molecular complexity index is 136. The van der Waals surface area contributed by atoms with Crippen LogP contribution < -0.4 is 0 Å². The van der Waals surface area contributed by atoms with Crippen LogP contribution in [0.1, 0.15) is 13.3 Å². The lowest BCUT2D eigenvalue weighted by molar-refractivity contribution is -0.145. The molecule has 0 spiro atoms. The van der Waals surface area contributed by atoms with Gasteiger partial charge in [-0.05, 0) is 13.5 Å². The number of rotatable bonds is 1. The summed E-state index contributed by atoms with van der Waals surface area (Å²) in [5, 5.41) is 0. The lowest BCUT2D eigenvalue weighted by Gasteiger charge is -2.09. The summed E-state index contributed by atoms with van der Waals surface area (Å²) >= 11 is 0. The molecule has 1 aliphatic heterocycles. The summed E-state index contributed by atoms with van der Waals surface area (Å²) in [5.74, 6) is -0.166. The molecule has 0 amide bonds. The van der Waals surface area contributed by atoms with Gasteiger partial charge in [-0.15, -0.1) is 0 Å². The highest BCUT2D eigenvalue weighted by atomic mass is 16.5. The molecule has 1 rings (SSSR count). The molecule has 10 heavy (non-hydrogen) atoms. The second-order valence-electron chi connectivity index (χ2n) is 2.78. The minimum Gasteiger partial charge on any atom is -0.461 e. The molecule has 0 radical (unpaired) electrons. The summed E-state index contributed by atoms with van der Waals surface area (Å²) in [6, 6.07) is 0. The van der Waals surface area contributed by atoms with Crippen LogP contribution in [0, 0.1) is 0 Å². The molecule has 0 N–H and O–H groups in total. The largest absolute Gasteiger partial charge is 0.461 e. The first-order valence-corrected chi connectivity index (χ1v) is 3.54. The maximum absolute atomic E-state index is 10.5. The van der Waals surface area contributed by atoms with E-state index in [2.05, 4.69) is 4.90 Å². The van der Waals surface area contributed by atoms with Crippen molar-refractivity contribution in [3.63, 3.8) is 0 Å². The molecule has 0 aromatic rings. The number of ether oxygens (including phenoxy) is 1. The Morgan fingerprint density at radius 3 is 2.80 bits per heavy atom. The van der Waals surface area contributed by atoms with E-state index < -0.39 is 0 Å². The number of carbonyl (C=O) groups is 1. The highest BCUT2D eigenvalue weighted by molar-refractivity contribution is 5.66. The van der Waals surface area contributed by atoms with Crippen LogP contribution in [0.15, 0.2) is 0 Å². The van der Waals surface area contributed by atoms with E-state index in [0.29, 0.717) is 0 Å². The van der Waals surface area contributed by atoms with Crippen LogP contribution in [0.4, 0.5) is 0 Å². The molecule has 3 nitrogen and oxygen atoms in total. The lowest BCUT2D eigenvalue weighted by atomic mass is 10.3. The van der Waals surface area contributed by atoms with Gasteiger partial charge in [-0.2, -0.15) is 0 Å². The monoisotopic (exact) mass is 143 g/mol. The van der Waals surface area contributed by atoms with Gasteiger partial charge < -0.3 is 9.64 Å². The number of likely N-dealkylation sites (tertiary alicyclic amines) is 1. The molecule has 1 heterocycles. The molecule has 1 fully saturated rings. The van der Waals surface area contributed by atoms with E-state index in [1.165, 1.54) is 6.92 Å². The van der Waals surface area contributed by atoms with Gasteiger partial charge in [0.15, 0.2) is 0 Å². The van der Waals surface area contributed by atoms with Gasteiger partial charge in [0.05, 0.1) is 0 Å². The second-order valence-corrected chi connectivity index (χ2v) is 2.78. The summed E-state index contributed by atoms with van der Waals surface area (Å²) in [4.78, 5) is 12.6. The number of nitrogens with zero attached hydrogens (tertiary/aromatic N) is 1. The molecule has 3 heteroatoms. The maximum Gasteiger partial charge on any atom is 0.302 e. The molecule has 0 aliphatic carbocycles. The van der Waals surface area contributed by atoms with Crippen LogP contribution in [0.3, 0.4) is 0 Å². The van der Waals surface area contributed by atoms with Crippen LogP contribution in [-0.2, 0) is 9.53 Å². The fourth-order valence-electron chi connectivity index (χ4n) is 1.23. The molecule has 1 aliphatic rings. The Hall–Kier alpha value is -0.570. The van der Waals surface area contributed by atoms with Gasteiger partial charge in [-0.1, -0.05) is 0 Å². The third-order valence-electron chi connectivity index (χ3n) is 1.68. The van der Waals surface area contributed by atoms with Gasteiger partial charge in [0.1, 0.15) is 6.10 Å². The van der Waals surface area contributed by atoms with Crippen molar-refractivity contribution < 1.29 is 9.53 Å². The van der Waals surface area contributed by atoms with Gasteiger partial charge in [-0.25, -0.2) is 0 Å². The zero-order valence-corrected chi connectivity index (χ0v) is 6.46. The molecule has 0 aromatic heterocycles. The maximum atomic E-state index is 10.5.